The fourth-order valence-electron chi connectivity index (χ4n) is 7.46. The van der Waals surface area contributed by atoms with Crippen LogP contribution in [0.4, 0.5) is 5.69 Å². The molecule has 7 aromatic rings. The molecule has 13 nitrogen and oxygen atoms in total. The summed E-state index contributed by atoms with van der Waals surface area (Å²) >= 11 is 1.65. The molecule has 0 aliphatic carbocycles. The number of anilines is 1. The van der Waals surface area contributed by atoms with Gasteiger partial charge in [0.2, 0.25) is 0 Å². The van der Waals surface area contributed by atoms with Gasteiger partial charge in [-0.15, -0.1) is 21.5 Å². The van der Waals surface area contributed by atoms with Crippen molar-refractivity contribution in [3.8, 4) is 22.2 Å². The molecule has 0 saturated carbocycles. The van der Waals surface area contributed by atoms with Crippen LogP contribution in [0.15, 0.2) is 101 Å². The lowest BCUT2D eigenvalue weighted by Gasteiger charge is -2.12. The Morgan fingerprint density at radius 1 is 0.917 bits per heavy atom. The van der Waals surface area contributed by atoms with Gasteiger partial charge >= 0.3 is 5.97 Å². The normalized spacial score (nSPS) is 13.5. The fraction of sp³-hybridized carbons (Fsp3) is 0.200. The number of aliphatic imine (C=N–C) groups is 1. The number of ether oxygens (including phenoxy) is 1. The molecule has 0 fully saturated rings. The van der Waals surface area contributed by atoms with Gasteiger partial charge < -0.3 is 15.0 Å². The topological polar surface area (TPSA) is 184 Å². The van der Waals surface area contributed by atoms with Gasteiger partial charge in [0, 0.05) is 39.7 Å². The van der Waals surface area contributed by atoms with E-state index < -0.39 is 16.1 Å². The molecule has 0 radical (unpaired) electrons. The van der Waals surface area contributed by atoms with Crippen LogP contribution in [0.2, 0.25) is 0 Å². The second kappa shape index (κ2) is 16.0. The minimum Gasteiger partial charge on any atom is -0.469 e. The van der Waals surface area contributed by atoms with Crippen LogP contribution in [0.5, 0.6) is 0 Å². The Morgan fingerprint density at radius 3 is 2.28 bits per heavy atom. The Kier molecular flexibility index (Phi) is 10.7. The van der Waals surface area contributed by atoms with Crippen molar-refractivity contribution in [3.05, 3.63) is 147 Å². The quantitative estimate of drug-likeness (QED) is 0.110. The van der Waals surface area contributed by atoms with Gasteiger partial charge in [0.25, 0.3) is 15.9 Å². The molecule has 3 N–H and O–H groups in total. The van der Waals surface area contributed by atoms with Crippen LogP contribution >= 0.6 is 11.3 Å². The van der Waals surface area contributed by atoms with Gasteiger partial charge in [-0.2, -0.15) is 5.26 Å². The van der Waals surface area contributed by atoms with Crippen LogP contribution in [0, 0.1) is 39.0 Å². The number of nitriles is 1. The Hall–Kier alpha value is -6.89. The van der Waals surface area contributed by atoms with Gasteiger partial charge in [-0.25, -0.2) is 8.42 Å². The molecule has 3 aromatic heterocycles. The summed E-state index contributed by atoms with van der Waals surface area (Å²) < 4.78 is 36.2. The fourth-order valence-corrected chi connectivity index (χ4v) is 9.74. The van der Waals surface area contributed by atoms with Crippen LogP contribution in [-0.4, -0.2) is 59.4 Å². The van der Waals surface area contributed by atoms with Crippen molar-refractivity contribution in [2.45, 2.75) is 51.5 Å². The number of carbonyl (C=O) groups is 2. The highest BCUT2D eigenvalue weighted by atomic mass is 32.2. The van der Waals surface area contributed by atoms with Crippen LogP contribution in [-0.2, 0) is 26.0 Å². The minimum absolute atomic E-state index is 0.0290. The second-order valence-electron chi connectivity index (χ2n) is 14.6. The number of hydrogen-bond acceptors (Lipinski definition) is 10. The largest absolute Gasteiger partial charge is 0.469 e. The predicted molar refractivity (Wildman–Crippen MR) is 231 cm³/mol. The SMILES string of the molecule is COC(=O)C[C@@H]1N=C(c2ccc(-c3ccc(C(=O)NCCc4ccc(S(=O)(=O)Nc5ccc(C)c6c(C#N)c[nH]c56)cc4)cc3)cc2)c2c(sc(C)c2C)-n2c(C)nnc21. The molecule has 0 unspecified atom stereocenters. The van der Waals surface area contributed by atoms with Crippen molar-refractivity contribution in [2.75, 3.05) is 18.4 Å². The monoisotopic (exact) mass is 836 g/mol. The zero-order valence-corrected chi connectivity index (χ0v) is 35.1. The van der Waals surface area contributed by atoms with Crippen LogP contribution < -0.4 is 10.0 Å². The number of nitrogens with one attached hydrogen (secondary N) is 3. The minimum atomic E-state index is -3.91. The molecule has 0 bridgehead atoms. The van der Waals surface area contributed by atoms with E-state index in [2.05, 4.69) is 45.1 Å². The molecular weight excluding hydrogens is 797 g/mol. The highest BCUT2D eigenvalue weighted by Gasteiger charge is 2.32. The molecule has 15 heteroatoms. The molecule has 4 aromatic carbocycles. The summed E-state index contributed by atoms with van der Waals surface area (Å²) in [6.45, 7) is 8.29. The number of aryl methyl sites for hydroxylation is 3. The number of carbonyl (C=O) groups excluding carboxylic acids is 2. The summed E-state index contributed by atoms with van der Waals surface area (Å²) in [6.07, 6.45) is 2.10. The third-order valence-electron chi connectivity index (χ3n) is 10.8. The second-order valence-corrected chi connectivity index (χ2v) is 17.5. The number of benzene rings is 4. The molecule has 302 valence electrons. The lowest BCUT2D eigenvalue weighted by atomic mass is 9.96. The highest BCUT2D eigenvalue weighted by molar-refractivity contribution is 7.92. The first kappa shape index (κ1) is 39.9. The van der Waals surface area contributed by atoms with E-state index >= 15 is 0 Å². The van der Waals surface area contributed by atoms with E-state index in [0.29, 0.717) is 46.5 Å². The number of fused-ring (bicyclic) bond motifs is 4. The van der Waals surface area contributed by atoms with E-state index in [-0.39, 0.29) is 23.2 Å². The molecule has 1 aliphatic rings. The number of aromatic nitrogens is 4. The van der Waals surface area contributed by atoms with E-state index in [1.54, 1.807) is 53.9 Å². The Labute approximate surface area is 350 Å². The number of amides is 1. The number of H-pyrrole nitrogens is 1. The Balaban J connectivity index is 0.914. The van der Waals surface area contributed by atoms with Crippen molar-refractivity contribution in [1.82, 2.24) is 25.1 Å². The summed E-state index contributed by atoms with van der Waals surface area (Å²) in [6, 6.07) is 27.0. The van der Waals surface area contributed by atoms with Crippen molar-refractivity contribution in [3.63, 3.8) is 0 Å². The van der Waals surface area contributed by atoms with Gasteiger partial charge in [0.05, 0.1) is 40.9 Å². The summed E-state index contributed by atoms with van der Waals surface area (Å²) in [5.74, 6) is 0.717. The maximum absolute atomic E-state index is 13.3. The summed E-state index contributed by atoms with van der Waals surface area (Å²) in [4.78, 5) is 35.0. The van der Waals surface area contributed by atoms with Crippen molar-refractivity contribution in [2.24, 2.45) is 4.99 Å². The zero-order chi connectivity index (χ0) is 42.3. The highest BCUT2D eigenvalue weighted by Crippen LogP contribution is 2.40. The predicted octanol–water partition coefficient (Wildman–Crippen LogP) is 7.81. The summed E-state index contributed by atoms with van der Waals surface area (Å²) in [5, 5.41) is 22.8. The first-order chi connectivity index (χ1) is 28.9. The standard InChI is InChI=1S/C45H40N8O5S2/c1-25-6-19-36(42-39(25)34(23-46)24-48-42)52-60(56,57)35-17-7-29(8-18-35)20-21-47-44(55)33-15-11-31(12-16-33)30-9-13-32(14-10-30)41-40-26(2)27(3)59-45(40)53-28(4)50-51-43(53)37(49-41)22-38(54)58-5/h6-19,24,37,48,52H,20-22H2,1-5H3,(H,47,55)/t37-/m0/s1. The van der Waals surface area contributed by atoms with Gasteiger partial charge in [0.1, 0.15) is 22.9 Å². The first-order valence-electron chi connectivity index (χ1n) is 19.2. The Morgan fingerprint density at radius 2 is 1.60 bits per heavy atom. The van der Waals surface area contributed by atoms with E-state index in [9.17, 15) is 23.3 Å². The molecule has 1 atom stereocenters. The molecule has 4 heterocycles. The maximum atomic E-state index is 13.3. The average Bonchev–Trinajstić information content (AvgIpc) is 3.93. The molecule has 60 heavy (non-hydrogen) atoms. The lowest BCUT2D eigenvalue weighted by Crippen LogP contribution is -2.25. The molecule has 1 amide bonds. The average molecular weight is 837 g/mol. The lowest BCUT2D eigenvalue weighted by molar-refractivity contribution is -0.141. The Bertz CT molecular complexity index is 2990. The third kappa shape index (κ3) is 7.47. The van der Waals surface area contributed by atoms with Crippen molar-refractivity contribution < 1.29 is 22.7 Å². The maximum Gasteiger partial charge on any atom is 0.308 e. The van der Waals surface area contributed by atoms with Crippen molar-refractivity contribution in [1.29, 1.82) is 5.26 Å². The molecule has 8 rings (SSSR count). The molecule has 0 spiro atoms. The number of rotatable bonds is 11. The molecular formula is C45H40N8O5S2. The van der Waals surface area contributed by atoms with E-state index in [1.807, 2.05) is 54.8 Å². The number of methoxy groups -OCH3 is 1. The smallest absolute Gasteiger partial charge is 0.308 e. The van der Waals surface area contributed by atoms with Crippen LogP contribution in [0.25, 0.3) is 27.0 Å². The van der Waals surface area contributed by atoms with Gasteiger partial charge in [-0.05, 0) is 92.3 Å². The number of sulfonamides is 1. The van der Waals surface area contributed by atoms with E-state index in [1.165, 1.54) is 19.2 Å². The number of hydrogen-bond donors (Lipinski definition) is 3. The van der Waals surface area contributed by atoms with Gasteiger partial charge in [0.15, 0.2) is 5.82 Å². The van der Waals surface area contributed by atoms with E-state index in [4.69, 9.17) is 9.73 Å². The summed E-state index contributed by atoms with van der Waals surface area (Å²) in [7, 11) is -2.54. The number of esters is 1. The zero-order valence-electron chi connectivity index (χ0n) is 33.5. The summed E-state index contributed by atoms with van der Waals surface area (Å²) in [5.41, 5.74) is 9.25. The van der Waals surface area contributed by atoms with Crippen LogP contribution in [0.3, 0.4) is 0 Å². The molecule has 0 saturated heterocycles. The van der Waals surface area contributed by atoms with Crippen molar-refractivity contribution >= 4 is 55.5 Å². The number of aromatic amines is 1. The number of nitrogens with zero attached hydrogens (tertiary/aromatic N) is 5. The van der Waals surface area contributed by atoms with E-state index in [0.717, 1.165) is 60.4 Å². The van der Waals surface area contributed by atoms with Gasteiger partial charge in [-0.3, -0.25) is 23.9 Å². The van der Waals surface area contributed by atoms with Gasteiger partial charge in [-0.1, -0.05) is 54.6 Å². The molecule has 1 aliphatic heterocycles. The third-order valence-corrected chi connectivity index (χ3v) is 13.4. The first-order valence-corrected chi connectivity index (χ1v) is 21.5. The number of thiophene rings is 1. The van der Waals surface area contributed by atoms with Crippen LogP contribution in [0.1, 0.15) is 72.7 Å².